The molecule has 4 aliphatic carbocycles. The standard InChI is InChI=1S/C22H27N3O5/c1-12(23-21(28)22-8-13-4-14(9-22)6-15(5-13)10-22)19(26)24-25-20(27)16-2-3-17-18(7-16)30-11-29-17/h2-3,7,12-15H,4-6,8-11H2,1H3,(H,23,28)(H,24,26)(H,25,27)/t12-,13?,14?,15?,22?/m0/s1. The fourth-order valence-corrected chi connectivity index (χ4v) is 6.14. The first kappa shape index (κ1) is 19.2. The highest BCUT2D eigenvalue weighted by Gasteiger charge is 2.54. The number of hydrogen-bond acceptors (Lipinski definition) is 5. The first-order valence-electron chi connectivity index (χ1n) is 10.7. The second-order valence-corrected chi connectivity index (χ2v) is 9.40. The molecule has 30 heavy (non-hydrogen) atoms. The van der Waals surface area contributed by atoms with Crippen molar-refractivity contribution in [3.63, 3.8) is 0 Å². The SMILES string of the molecule is C[C@H](NC(=O)C12CC3CC(CC(C3)C1)C2)C(=O)NNC(=O)c1ccc2c(c1)OCO2. The van der Waals surface area contributed by atoms with Crippen LogP contribution in [0, 0.1) is 23.2 Å². The maximum atomic E-state index is 13.1. The lowest BCUT2D eigenvalue weighted by atomic mass is 9.49. The highest BCUT2D eigenvalue weighted by molar-refractivity contribution is 5.97. The smallest absolute Gasteiger partial charge is 0.269 e. The van der Waals surface area contributed by atoms with Crippen LogP contribution in [0.3, 0.4) is 0 Å². The van der Waals surface area contributed by atoms with Crippen LogP contribution in [0.4, 0.5) is 0 Å². The lowest BCUT2D eigenvalue weighted by molar-refractivity contribution is -0.148. The molecule has 5 aliphatic rings. The zero-order valence-electron chi connectivity index (χ0n) is 17.0. The van der Waals surface area contributed by atoms with E-state index in [9.17, 15) is 14.4 Å². The number of benzene rings is 1. The van der Waals surface area contributed by atoms with E-state index in [1.165, 1.54) is 19.3 Å². The molecule has 4 saturated carbocycles. The molecule has 3 N–H and O–H groups in total. The lowest BCUT2D eigenvalue weighted by Gasteiger charge is -2.55. The van der Waals surface area contributed by atoms with Crippen molar-refractivity contribution in [3.8, 4) is 11.5 Å². The van der Waals surface area contributed by atoms with Crippen LogP contribution in [-0.2, 0) is 9.59 Å². The Bertz CT molecular complexity index is 863. The maximum absolute atomic E-state index is 13.1. The second-order valence-electron chi connectivity index (χ2n) is 9.40. The largest absolute Gasteiger partial charge is 0.454 e. The van der Waals surface area contributed by atoms with Crippen LogP contribution in [0.15, 0.2) is 18.2 Å². The van der Waals surface area contributed by atoms with Gasteiger partial charge in [0.2, 0.25) is 12.7 Å². The summed E-state index contributed by atoms with van der Waals surface area (Å²) in [6, 6.07) is 4.06. The Labute approximate surface area is 175 Å². The highest BCUT2D eigenvalue weighted by atomic mass is 16.7. The van der Waals surface area contributed by atoms with E-state index in [0.29, 0.717) is 34.8 Å². The molecule has 8 heteroatoms. The third kappa shape index (κ3) is 3.38. The van der Waals surface area contributed by atoms with Crippen molar-refractivity contribution in [2.24, 2.45) is 23.2 Å². The van der Waals surface area contributed by atoms with Crippen molar-refractivity contribution in [2.75, 3.05) is 6.79 Å². The van der Waals surface area contributed by atoms with Gasteiger partial charge in [0.25, 0.3) is 11.8 Å². The average Bonchev–Trinajstić information content (AvgIpc) is 3.18. The van der Waals surface area contributed by atoms with Gasteiger partial charge in [-0.15, -0.1) is 0 Å². The molecule has 1 aliphatic heterocycles. The third-order valence-electron chi connectivity index (χ3n) is 7.19. The predicted molar refractivity (Wildman–Crippen MR) is 106 cm³/mol. The first-order valence-corrected chi connectivity index (χ1v) is 10.7. The van der Waals surface area contributed by atoms with Crippen LogP contribution in [-0.4, -0.2) is 30.6 Å². The molecule has 1 aromatic rings. The van der Waals surface area contributed by atoms with E-state index in [1.54, 1.807) is 25.1 Å². The van der Waals surface area contributed by atoms with Gasteiger partial charge in [-0.3, -0.25) is 25.2 Å². The molecule has 4 fully saturated rings. The van der Waals surface area contributed by atoms with Gasteiger partial charge in [-0.1, -0.05) is 0 Å². The van der Waals surface area contributed by atoms with Crippen molar-refractivity contribution in [3.05, 3.63) is 23.8 Å². The monoisotopic (exact) mass is 413 g/mol. The van der Waals surface area contributed by atoms with E-state index in [1.807, 2.05) is 0 Å². The van der Waals surface area contributed by atoms with E-state index in [0.717, 1.165) is 19.3 Å². The number of rotatable bonds is 4. The number of fused-ring (bicyclic) bond motifs is 1. The first-order chi connectivity index (χ1) is 14.4. The molecule has 6 rings (SSSR count). The fraction of sp³-hybridized carbons (Fsp3) is 0.591. The lowest BCUT2D eigenvalue weighted by Crippen LogP contribution is -2.57. The summed E-state index contributed by atoms with van der Waals surface area (Å²) in [6.45, 7) is 1.76. The van der Waals surface area contributed by atoms with Crippen molar-refractivity contribution in [1.29, 1.82) is 0 Å². The van der Waals surface area contributed by atoms with Crippen molar-refractivity contribution < 1.29 is 23.9 Å². The van der Waals surface area contributed by atoms with Gasteiger partial charge in [0.15, 0.2) is 11.5 Å². The third-order valence-corrected chi connectivity index (χ3v) is 7.19. The van der Waals surface area contributed by atoms with Gasteiger partial charge < -0.3 is 14.8 Å². The molecule has 0 saturated heterocycles. The van der Waals surface area contributed by atoms with Gasteiger partial charge in [0, 0.05) is 11.0 Å². The minimum atomic E-state index is -0.734. The average molecular weight is 413 g/mol. The van der Waals surface area contributed by atoms with Gasteiger partial charge >= 0.3 is 0 Å². The summed E-state index contributed by atoms with van der Waals surface area (Å²) in [4.78, 5) is 37.8. The number of amides is 3. The summed E-state index contributed by atoms with van der Waals surface area (Å²) in [5.74, 6) is 2.11. The number of hydrazine groups is 1. The Balaban J connectivity index is 1.15. The maximum Gasteiger partial charge on any atom is 0.269 e. The van der Waals surface area contributed by atoms with Crippen molar-refractivity contribution in [1.82, 2.24) is 16.2 Å². The van der Waals surface area contributed by atoms with Crippen molar-refractivity contribution in [2.45, 2.75) is 51.5 Å². The number of nitrogens with one attached hydrogen (secondary N) is 3. The Morgan fingerprint density at radius 3 is 2.27 bits per heavy atom. The van der Waals surface area contributed by atoms with Gasteiger partial charge in [-0.25, -0.2) is 0 Å². The zero-order valence-corrected chi connectivity index (χ0v) is 17.0. The van der Waals surface area contributed by atoms with Gasteiger partial charge in [-0.2, -0.15) is 0 Å². The molecule has 0 spiro atoms. The molecule has 4 bridgehead atoms. The van der Waals surface area contributed by atoms with Gasteiger partial charge in [0.05, 0.1) is 0 Å². The minimum Gasteiger partial charge on any atom is -0.454 e. The van der Waals surface area contributed by atoms with Crippen LogP contribution >= 0.6 is 0 Å². The molecule has 3 amide bonds. The normalized spacial score (nSPS) is 31.2. The molecule has 1 heterocycles. The Morgan fingerprint density at radius 2 is 1.60 bits per heavy atom. The minimum absolute atomic E-state index is 0.00801. The molecule has 0 unspecified atom stereocenters. The van der Waals surface area contributed by atoms with Crippen LogP contribution in [0.1, 0.15) is 55.8 Å². The van der Waals surface area contributed by atoms with Gasteiger partial charge in [-0.05, 0) is 81.4 Å². The summed E-state index contributed by atoms with van der Waals surface area (Å²) in [6.07, 6.45) is 6.61. The second kappa shape index (κ2) is 7.18. The van der Waals surface area contributed by atoms with E-state index < -0.39 is 17.9 Å². The predicted octanol–water partition coefficient (Wildman–Crippen LogP) is 1.90. The molecule has 1 aromatic carbocycles. The van der Waals surface area contributed by atoms with Crippen LogP contribution in [0.5, 0.6) is 11.5 Å². The fourth-order valence-electron chi connectivity index (χ4n) is 6.14. The molecule has 0 radical (unpaired) electrons. The molecule has 1 atom stereocenters. The summed E-state index contributed by atoms with van der Waals surface area (Å²) in [5, 5.41) is 2.90. The van der Waals surface area contributed by atoms with E-state index >= 15 is 0 Å². The van der Waals surface area contributed by atoms with E-state index in [2.05, 4.69) is 16.2 Å². The number of hydrogen-bond donors (Lipinski definition) is 3. The van der Waals surface area contributed by atoms with Crippen molar-refractivity contribution >= 4 is 17.7 Å². The summed E-state index contributed by atoms with van der Waals surface area (Å²) < 4.78 is 10.5. The Hall–Kier alpha value is -2.77. The number of ether oxygens (including phenoxy) is 2. The summed E-state index contributed by atoms with van der Waals surface area (Å²) in [7, 11) is 0. The van der Waals surface area contributed by atoms with Crippen LogP contribution in [0.25, 0.3) is 0 Å². The number of carbonyl (C=O) groups excluding carboxylic acids is 3. The highest BCUT2D eigenvalue weighted by Crippen LogP contribution is 2.60. The quantitative estimate of drug-likeness (QED) is 0.654. The number of carbonyl (C=O) groups is 3. The topological polar surface area (TPSA) is 106 Å². The van der Waals surface area contributed by atoms with Crippen LogP contribution < -0.4 is 25.6 Å². The molecular weight excluding hydrogens is 386 g/mol. The molecule has 8 nitrogen and oxygen atoms in total. The molecular formula is C22H27N3O5. The van der Waals surface area contributed by atoms with Crippen LogP contribution in [0.2, 0.25) is 0 Å². The van der Waals surface area contributed by atoms with E-state index in [-0.39, 0.29) is 18.1 Å². The molecule has 0 aromatic heterocycles. The summed E-state index contributed by atoms with van der Waals surface area (Å²) in [5.41, 5.74) is 4.83. The van der Waals surface area contributed by atoms with Gasteiger partial charge in [0.1, 0.15) is 6.04 Å². The Kier molecular flexibility index (Phi) is 4.60. The van der Waals surface area contributed by atoms with E-state index in [4.69, 9.17) is 9.47 Å². The summed E-state index contributed by atoms with van der Waals surface area (Å²) >= 11 is 0. The zero-order chi connectivity index (χ0) is 20.9. The Morgan fingerprint density at radius 1 is 0.967 bits per heavy atom. The molecule has 160 valence electrons.